The van der Waals surface area contributed by atoms with Crippen LogP contribution in [0.2, 0.25) is 0 Å². The number of nitrogens with one attached hydrogen (secondary N) is 2. The van der Waals surface area contributed by atoms with Gasteiger partial charge < -0.3 is 25.4 Å². The molecule has 0 aliphatic carbocycles. The van der Waals surface area contributed by atoms with Gasteiger partial charge in [0, 0.05) is 19.0 Å². The molecule has 9 nitrogen and oxygen atoms in total. The first-order valence-corrected chi connectivity index (χ1v) is 11.6. The number of carboxylic acids is 1. The molecule has 3 atom stereocenters. The predicted octanol–water partition coefficient (Wildman–Crippen LogP) is 2.78. The molecule has 0 spiro atoms. The summed E-state index contributed by atoms with van der Waals surface area (Å²) in [6.45, 7) is 13.7. The van der Waals surface area contributed by atoms with E-state index < -0.39 is 29.7 Å². The van der Waals surface area contributed by atoms with Gasteiger partial charge in [0.05, 0.1) is 0 Å². The topological polar surface area (TPSA) is 125 Å². The van der Waals surface area contributed by atoms with E-state index in [4.69, 9.17) is 4.74 Å². The lowest BCUT2D eigenvalue weighted by Crippen LogP contribution is -2.55. The van der Waals surface area contributed by atoms with Gasteiger partial charge in [-0.05, 0) is 51.9 Å². The van der Waals surface area contributed by atoms with E-state index in [1.165, 1.54) is 0 Å². The van der Waals surface area contributed by atoms with Crippen molar-refractivity contribution in [2.24, 2.45) is 17.8 Å². The Hall–Kier alpha value is -2.32. The molecule has 0 unspecified atom stereocenters. The molecule has 0 aromatic carbocycles. The van der Waals surface area contributed by atoms with Crippen LogP contribution in [0.4, 0.5) is 4.79 Å². The van der Waals surface area contributed by atoms with Gasteiger partial charge >= 0.3 is 12.1 Å². The maximum absolute atomic E-state index is 13.1. The third kappa shape index (κ3) is 9.04. The molecule has 1 heterocycles. The number of ether oxygens (including phenoxy) is 1. The van der Waals surface area contributed by atoms with Crippen LogP contribution in [0.1, 0.15) is 74.1 Å². The molecule has 184 valence electrons. The van der Waals surface area contributed by atoms with Gasteiger partial charge in [-0.3, -0.25) is 9.59 Å². The maximum Gasteiger partial charge on any atom is 0.408 e. The lowest BCUT2D eigenvalue weighted by Gasteiger charge is -2.36. The number of hydrogen-bond donors (Lipinski definition) is 3. The lowest BCUT2D eigenvalue weighted by molar-refractivity contribution is -0.143. The number of carbonyl (C=O) groups excluding carboxylic acids is 3. The normalized spacial score (nSPS) is 17.9. The number of carbonyl (C=O) groups is 4. The number of alkyl carbamates (subject to hydrolysis) is 1. The number of likely N-dealkylation sites (tertiary alicyclic amines) is 1. The van der Waals surface area contributed by atoms with E-state index in [0.29, 0.717) is 38.8 Å². The largest absolute Gasteiger partial charge is 0.480 e. The van der Waals surface area contributed by atoms with Crippen LogP contribution in [-0.4, -0.2) is 64.7 Å². The molecule has 0 radical (unpaired) electrons. The summed E-state index contributed by atoms with van der Waals surface area (Å²) in [6.07, 6.45) is 1.34. The third-order valence-electron chi connectivity index (χ3n) is 5.65. The first kappa shape index (κ1) is 27.7. The minimum Gasteiger partial charge on any atom is -0.480 e. The van der Waals surface area contributed by atoms with Crippen LogP contribution in [0.3, 0.4) is 0 Å². The quantitative estimate of drug-likeness (QED) is 0.491. The second-order valence-electron chi connectivity index (χ2n) is 10.1. The molecule has 0 aromatic rings. The Morgan fingerprint density at radius 1 is 1.06 bits per heavy atom. The van der Waals surface area contributed by atoms with Crippen LogP contribution < -0.4 is 10.6 Å². The van der Waals surface area contributed by atoms with Crippen molar-refractivity contribution >= 4 is 23.9 Å². The van der Waals surface area contributed by atoms with E-state index in [-0.39, 0.29) is 29.6 Å². The summed E-state index contributed by atoms with van der Waals surface area (Å²) in [6, 6.07) is -1.61. The van der Waals surface area contributed by atoms with E-state index in [1.807, 2.05) is 27.7 Å². The number of piperidine rings is 1. The van der Waals surface area contributed by atoms with E-state index in [1.54, 1.807) is 25.7 Å². The van der Waals surface area contributed by atoms with Crippen LogP contribution >= 0.6 is 0 Å². The molecular formula is C23H41N3O6. The molecule has 1 fully saturated rings. The van der Waals surface area contributed by atoms with Gasteiger partial charge in [-0.1, -0.05) is 34.1 Å². The summed E-state index contributed by atoms with van der Waals surface area (Å²) in [7, 11) is 0. The molecule has 3 N–H and O–H groups in total. The van der Waals surface area contributed by atoms with Crippen molar-refractivity contribution in [1.82, 2.24) is 15.5 Å². The van der Waals surface area contributed by atoms with Gasteiger partial charge in [0.25, 0.3) is 0 Å². The highest BCUT2D eigenvalue weighted by atomic mass is 16.6. The fourth-order valence-corrected chi connectivity index (χ4v) is 3.66. The molecule has 0 saturated carbocycles. The minimum absolute atomic E-state index is 0.0802. The predicted molar refractivity (Wildman–Crippen MR) is 121 cm³/mol. The maximum atomic E-state index is 13.1. The molecule has 32 heavy (non-hydrogen) atoms. The fourth-order valence-electron chi connectivity index (χ4n) is 3.66. The van der Waals surface area contributed by atoms with Gasteiger partial charge in [-0.15, -0.1) is 0 Å². The Balaban J connectivity index is 2.72. The monoisotopic (exact) mass is 455 g/mol. The molecule has 1 saturated heterocycles. The highest BCUT2D eigenvalue weighted by molar-refractivity contribution is 5.87. The van der Waals surface area contributed by atoms with Gasteiger partial charge in [-0.2, -0.15) is 0 Å². The van der Waals surface area contributed by atoms with Gasteiger partial charge in [0.1, 0.15) is 17.7 Å². The first-order valence-electron chi connectivity index (χ1n) is 11.6. The number of carboxylic acid groups (broad SMARTS) is 1. The van der Waals surface area contributed by atoms with Crippen LogP contribution in [-0.2, 0) is 19.1 Å². The second kappa shape index (κ2) is 12.1. The van der Waals surface area contributed by atoms with Gasteiger partial charge in [-0.25, -0.2) is 9.59 Å². The number of rotatable bonds is 9. The summed E-state index contributed by atoms with van der Waals surface area (Å²) >= 11 is 0. The standard InChI is InChI=1S/C23H41N3O6/c1-8-15(4)18(25-22(31)32-23(5,6)7)20(28)26-11-9-16(10-12-26)19(27)24-17(21(29)30)13-14(2)3/h14-18H,8-13H2,1-7H3,(H,24,27)(H,25,31)(H,29,30)/t15-,17-,18-/m0/s1. The van der Waals surface area contributed by atoms with Crippen LogP contribution in [0.15, 0.2) is 0 Å². The number of aliphatic carboxylic acids is 1. The average Bonchev–Trinajstić information content (AvgIpc) is 2.68. The van der Waals surface area contributed by atoms with Crippen molar-refractivity contribution in [2.75, 3.05) is 13.1 Å². The molecular weight excluding hydrogens is 414 g/mol. The SMILES string of the molecule is CC[C@H](C)[C@H](NC(=O)OC(C)(C)C)C(=O)N1CCC(C(=O)N[C@@H](CC(C)C)C(=O)O)CC1. The Labute approximate surface area is 191 Å². The summed E-state index contributed by atoms with van der Waals surface area (Å²) in [5, 5.41) is 14.7. The summed E-state index contributed by atoms with van der Waals surface area (Å²) in [4.78, 5) is 51.1. The van der Waals surface area contributed by atoms with Crippen molar-refractivity contribution in [3.05, 3.63) is 0 Å². The van der Waals surface area contributed by atoms with Crippen molar-refractivity contribution < 1.29 is 29.0 Å². The molecule has 9 heteroatoms. The average molecular weight is 456 g/mol. The smallest absolute Gasteiger partial charge is 0.408 e. The second-order valence-corrected chi connectivity index (χ2v) is 10.1. The summed E-state index contributed by atoms with van der Waals surface area (Å²) in [5.41, 5.74) is -0.664. The van der Waals surface area contributed by atoms with Crippen molar-refractivity contribution in [1.29, 1.82) is 0 Å². The van der Waals surface area contributed by atoms with Crippen LogP contribution in [0, 0.1) is 17.8 Å². The van der Waals surface area contributed by atoms with Gasteiger partial charge in [0.15, 0.2) is 0 Å². The zero-order valence-corrected chi connectivity index (χ0v) is 20.6. The Morgan fingerprint density at radius 2 is 1.62 bits per heavy atom. The van der Waals surface area contributed by atoms with E-state index in [9.17, 15) is 24.3 Å². The molecule has 1 rings (SSSR count). The molecule has 1 aliphatic rings. The minimum atomic E-state index is -1.04. The van der Waals surface area contributed by atoms with E-state index in [0.717, 1.165) is 0 Å². The number of hydrogen-bond acceptors (Lipinski definition) is 5. The zero-order chi connectivity index (χ0) is 24.6. The summed E-state index contributed by atoms with van der Waals surface area (Å²) in [5.74, 6) is -1.78. The van der Waals surface area contributed by atoms with Crippen molar-refractivity contribution in [3.63, 3.8) is 0 Å². The Bertz CT molecular complexity index is 665. The van der Waals surface area contributed by atoms with Crippen LogP contribution in [0.5, 0.6) is 0 Å². The van der Waals surface area contributed by atoms with E-state index >= 15 is 0 Å². The van der Waals surface area contributed by atoms with Gasteiger partial charge in [0.2, 0.25) is 11.8 Å². The van der Waals surface area contributed by atoms with Crippen LogP contribution in [0.25, 0.3) is 0 Å². The number of nitrogens with zero attached hydrogens (tertiary/aromatic N) is 1. The van der Waals surface area contributed by atoms with Crippen molar-refractivity contribution in [3.8, 4) is 0 Å². The fraction of sp³-hybridized carbons (Fsp3) is 0.826. The Morgan fingerprint density at radius 3 is 2.06 bits per heavy atom. The molecule has 0 bridgehead atoms. The highest BCUT2D eigenvalue weighted by Gasteiger charge is 2.35. The Kier molecular flexibility index (Phi) is 10.4. The zero-order valence-electron chi connectivity index (χ0n) is 20.6. The third-order valence-corrected chi connectivity index (χ3v) is 5.65. The van der Waals surface area contributed by atoms with E-state index in [2.05, 4.69) is 10.6 Å². The lowest BCUT2D eigenvalue weighted by atomic mass is 9.92. The highest BCUT2D eigenvalue weighted by Crippen LogP contribution is 2.21. The number of amides is 3. The first-order chi connectivity index (χ1) is 14.7. The molecule has 1 aliphatic heterocycles. The molecule has 0 aromatic heterocycles. The molecule has 3 amide bonds. The summed E-state index contributed by atoms with van der Waals surface area (Å²) < 4.78 is 5.31. The van der Waals surface area contributed by atoms with Crippen molar-refractivity contribution in [2.45, 2.75) is 91.8 Å².